The Kier molecular flexibility index (Phi) is 5.91. The van der Waals surface area contributed by atoms with Crippen LogP contribution in [0.2, 0.25) is 0 Å². The van der Waals surface area contributed by atoms with Gasteiger partial charge in [-0.25, -0.2) is 0 Å². The Labute approximate surface area is 296 Å². The number of nitrogens with zero attached hydrogens (tertiary/aromatic N) is 1. The predicted molar refractivity (Wildman–Crippen MR) is 217 cm³/mol. The number of hydrogen-bond donors (Lipinski definition) is 1. The fourth-order valence-electron chi connectivity index (χ4n) is 8.55. The third-order valence-electron chi connectivity index (χ3n) is 11.1. The first-order chi connectivity index (χ1) is 25.2. The fourth-order valence-corrected chi connectivity index (χ4v) is 8.55. The minimum atomic E-state index is 1.14. The molecule has 2 nitrogen and oxygen atoms in total. The maximum Gasteiger partial charge on any atom is 0.0496 e. The summed E-state index contributed by atoms with van der Waals surface area (Å²) < 4.78 is 0. The minimum absolute atomic E-state index is 1.14. The molecule has 2 heterocycles. The van der Waals surface area contributed by atoms with E-state index >= 15 is 0 Å². The zero-order chi connectivity index (χ0) is 33.6. The van der Waals surface area contributed by atoms with Crippen LogP contribution < -0.4 is 10.2 Å². The zero-order valence-corrected chi connectivity index (χ0v) is 28.1. The molecule has 51 heavy (non-hydrogen) atoms. The topological polar surface area (TPSA) is 15.3 Å². The van der Waals surface area contributed by atoms with Crippen LogP contribution in [-0.4, -0.2) is 7.05 Å². The van der Waals surface area contributed by atoms with Crippen molar-refractivity contribution in [1.29, 1.82) is 0 Å². The monoisotopic (exact) mass is 648 g/mol. The molecule has 2 aliphatic heterocycles. The van der Waals surface area contributed by atoms with Gasteiger partial charge in [0.1, 0.15) is 0 Å². The van der Waals surface area contributed by atoms with Gasteiger partial charge in [0.25, 0.3) is 0 Å². The van der Waals surface area contributed by atoms with Crippen molar-refractivity contribution in [3.05, 3.63) is 170 Å². The Morgan fingerprint density at radius 2 is 0.980 bits per heavy atom. The molecule has 0 saturated heterocycles. The summed E-state index contributed by atoms with van der Waals surface area (Å²) in [5.74, 6) is 0. The molecule has 1 N–H and O–H groups in total. The molecule has 0 amide bonds. The number of benzene rings is 9. The van der Waals surface area contributed by atoms with Crippen LogP contribution in [-0.2, 0) is 0 Å². The minimum Gasteiger partial charge on any atom is -0.354 e. The molecule has 0 fully saturated rings. The molecule has 9 aromatic rings. The molecule has 0 radical (unpaired) electrons. The normalized spacial score (nSPS) is 12.5. The first-order valence-corrected chi connectivity index (χ1v) is 17.6. The molecule has 0 aromatic heterocycles. The average molecular weight is 649 g/mol. The highest BCUT2D eigenvalue weighted by Crippen LogP contribution is 2.54. The molecule has 0 spiro atoms. The zero-order valence-electron chi connectivity index (χ0n) is 28.1. The summed E-state index contributed by atoms with van der Waals surface area (Å²) in [6.07, 6.45) is 0. The Morgan fingerprint density at radius 3 is 1.82 bits per heavy atom. The van der Waals surface area contributed by atoms with E-state index < -0.39 is 0 Å². The van der Waals surface area contributed by atoms with Gasteiger partial charge >= 0.3 is 0 Å². The van der Waals surface area contributed by atoms with Gasteiger partial charge in [-0.05, 0) is 96.4 Å². The molecular formula is C49H32N2. The summed E-state index contributed by atoms with van der Waals surface area (Å²) in [5.41, 5.74) is 17.2. The predicted octanol–water partition coefficient (Wildman–Crippen LogP) is 13.6. The highest BCUT2D eigenvalue weighted by molar-refractivity contribution is 6.22. The lowest BCUT2D eigenvalue weighted by Crippen LogP contribution is -2.16. The van der Waals surface area contributed by atoms with Crippen LogP contribution in [0, 0.1) is 0 Å². The van der Waals surface area contributed by atoms with E-state index in [1.165, 1.54) is 99.3 Å². The maximum atomic E-state index is 3.84. The summed E-state index contributed by atoms with van der Waals surface area (Å²) in [6, 6.07) is 62.5. The molecule has 2 aliphatic rings. The molecule has 0 bridgehead atoms. The van der Waals surface area contributed by atoms with Crippen molar-refractivity contribution in [3.8, 4) is 55.6 Å². The van der Waals surface area contributed by atoms with Crippen LogP contribution in [0.15, 0.2) is 170 Å². The van der Waals surface area contributed by atoms with Crippen LogP contribution in [0.5, 0.6) is 0 Å². The van der Waals surface area contributed by atoms with Gasteiger partial charge in [0, 0.05) is 51.7 Å². The molecule has 9 aromatic carbocycles. The van der Waals surface area contributed by atoms with Gasteiger partial charge in [-0.15, -0.1) is 0 Å². The van der Waals surface area contributed by atoms with Gasteiger partial charge in [0.2, 0.25) is 0 Å². The number of fused-ring (bicyclic) bond motifs is 6. The van der Waals surface area contributed by atoms with E-state index in [4.69, 9.17) is 0 Å². The van der Waals surface area contributed by atoms with Crippen LogP contribution in [0.25, 0.3) is 88.0 Å². The van der Waals surface area contributed by atoms with E-state index in [0.717, 1.165) is 11.4 Å². The Balaban J connectivity index is 0.970. The first-order valence-electron chi connectivity index (χ1n) is 17.6. The second-order valence-corrected chi connectivity index (χ2v) is 13.9. The Morgan fingerprint density at radius 1 is 0.353 bits per heavy atom. The van der Waals surface area contributed by atoms with Gasteiger partial charge in [-0.2, -0.15) is 0 Å². The highest BCUT2D eigenvalue weighted by Gasteiger charge is 2.28. The van der Waals surface area contributed by atoms with Crippen molar-refractivity contribution in [3.63, 3.8) is 0 Å². The van der Waals surface area contributed by atoms with Gasteiger partial charge in [0.05, 0.1) is 0 Å². The highest BCUT2D eigenvalue weighted by atomic mass is 15.1. The fraction of sp³-hybridized carbons (Fsp3) is 0.0204. The average Bonchev–Trinajstić information content (AvgIpc) is 3.20. The van der Waals surface area contributed by atoms with E-state index in [2.05, 4.69) is 187 Å². The number of rotatable bonds is 3. The van der Waals surface area contributed by atoms with Crippen molar-refractivity contribution in [2.45, 2.75) is 0 Å². The van der Waals surface area contributed by atoms with Crippen LogP contribution >= 0.6 is 0 Å². The van der Waals surface area contributed by atoms with Crippen LogP contribution in [0.4, 0.5) is 22.7 Å². The summed E-state index contributed by atoms with van der Waals surface area (Å²) in [6.45, 7) is 0. The SMILES string of the molecule is CN1c2cc(-c3cccc4ccccc34)ccc2-c2ccc3c4c(ccc1c24)Nc1cc(-c2ccc(-c4ccc5ccccc5c4)cc2)ccc1-3. The second-order valence-electron chi connectivity index (χ2n) is 13.9. The molecule has 0 atom stereocenters. The summed E-state index contributed by atoms with van der Waals surface area (Å²) in [5, 5.41) is 11.5. The first kappa shape index (κ1) is 28.2. The molecule has 2 heteroatoms. The summed E-state index contributed by atoms with van der Waals surface area (Å²) in [4.78, 5) is 2.38. The molecule has 11 rings (SSSR count). The van der Waals surface area contributed by atoms with E-state index in [1.807, 2.05) is 0 Å². The Bertz CT molecular complexity index is 2890. The molecule has 0 unspecified atom stereocenters. The quantitative estimate of drug-likeness (QED) is 0.205. The second kappa shape index (κ2) is 10.7. The third kappa shape index (κ3) is 4.23. The summed E-state index contributed by atoms with van der Waals surface area (Å²) >= 11 is 0. The molecular weight excluding hydrogens is 617 g/mol. The molecule has 0 aliphatic carbocycles. The maximum absolute atomic E-state index is 3.84. The number of anilines is 4. The van der Waals surface area contributed by atoms with Crippen molar-refractivity contribution in [2.75, 3.05) is 17.3 Å². The smallest absolute Gasteiger partial charge is 0.0496 e. The van der Waals surface area contributed by atoms with E-state index in [-0.39, 0.29) is 0 Å². The molecule has 0 saturated carbocycles. The van der Waals surface area contributed by atoms with Gasteiger partial charge in [0.15, 0.2) is 0 Å². The van der Waals surface area contributed by atoms with Crippen molar-refractivity contribution >= 4 is 55.1 Å². The lowest BCUT2D eigenvalue weighted by atomic mass is 9.84. The largest absolute Gasteiger partial charge is 0.354 e. The number of nitrogens with one attached hydrogen (secondary N) is 1. The standard InChI is InChI=1S/C49H32N2/c1-51-46-26-25-44-48-42(23-24-43(49(46)48)41-22-20-37(29-47(41)51)39-12-6-10-33-8-4-5-11-38(33)39)40-21-19-36(28-45(40)50-44)32-15-13-31(14-16-32)35-18-17-30-7-2-3-9-34(30)27-35/h2-29,50H,1H3. The lowest BCUT2D eigenvalue weighted by molar-refractivity contribution is 1.21. The van der Waals surface area contributed by atoms with Crippen molar-refractivity contribution < 1.29 is 0 Å². The van der Waals surface area contributed by atoms with E-state index in [9.17, 15) is 0 Å². The van der Waals surface area contributed by atoms with E-state index in [0.29, 0.717) is 0 Å². The molecule has 238 valence electrons. The van der Waals surface area contributed by atoms with Crippen LogP contribution in [0.3, 0.4) is 0 Å². The van der Waals surface area contributed by atoms with Crippen molar-refractivity contribution in [1.82, 2.24) is 0 Å². The lowest BCUT2D eigenvalue weighted by Gasteiger charge is -2.33. The van der Waals surface area contributed by atoms with Crippen LogP contribution in [0.1, 0.15) is 0 Å². The van der Waals surface area contributed by atoms with Gasteiger partial charge in [-0.1, -0.05) is 140 Å². The third-order valence-corrected chi connectivity index (χ3v) is 11.1. The van der Waals surface area contributed by atoms with Gasteiger partial charge < -0.3 is 10.2 Å². The Hall–Kier alpha value is -6.64. The summed E-state index contributed by atoms with van der Waals surface area (Å²) in [7, 11) is 2.21. The van der Waals surface area contributed by atoms with E-state index in [1.54, 1.807) is 0 Å². The van der Waals surface area contributed by atoms with Gasteiger partial charge in [-0.3, -0.25) is 0 Å². The van der Waals surface area contributed by atoms with Crippen molar-refractivity contribution in [2.24, 2.45) is 0 Å². The number of hydrogen-bond acceptors (Lipinski definition) is 2.